The molecule has 0 unspecified atom stereocenters. The first kappa shape index (κ1) is 16.7. The van der Waals surface area contributed by atoms with E-state index >= 15 is 0 Å². The van der Waals surface area contributed by atoms with E-state index in [9.17, 15) is 0 Å². The topological polar surface area (TPSA) is 44.2 Å². The summed E-state index contributed by atoms with van der Waals surface area (Å²) in [4.78, 5) is 10.2. The van der Waals surface area contributed by atoms with E-state index in [1.165, 1.54) is 21.2 Å². The fraction of sp³-hybridized carbons (Fsp3) is 0.143. The normalized spacial score (nSPS) is 11.0. The van der Waals surface area contributed by atoms with E-state index in [-0.39, 0.29) is 0 Å². The predicted molar refractivity (Wildman–Crippen MR) is 106 cm³/mol. The molecule has 130 valence electrons. The van der Waals surface area contributed by atoms with Gasteiger partial charge in [-0.05, 0) is 40.6 Å². The van der Waals surface area contributed by atoms with E-state index in [0.717, 1.165) is 16.8 Å². The molecule has 4 aromatic rings. The standard InChI is InChI=1S/C21H18N2O2S/c1-24-20-21(25-2)23-19-11-14(7-10-18(19)22-20)13-26-17-9-8-15-5-3-4-6-16(15)12-17/h3-12H,13H2,1-2H3. The maximum absolute atomic E-state index is 5.25. The molecule has 0 N–H and O–H groups in total. The maximum Gasteiger partial charge on any atom is 0.278 e. The Morgan fingerprint density at radius 3 is 2.27 bits per heavy atom. The van der Waals surface area contributed by atoms with Gasteiger partial charge in [-0.15, -0.1) is 11.8 Å². The molecule has 0 spiro atoms. The molecule has 0 aliphatic rings. The minimum Gasteiger partial charge on any atom is -0.477 e. The molecule has 0 radical (unpaired) electrons. The van der Waals surface area contributed by atoms with Crippen molar-refractivity contribution < 1.29 is 9.47 Å². The molecular weight excluding hydrogens is 344 g/mol. The van der Waals surface area contributed by atoms with Crippen molar-refractivity contribution in [3.63, 3.8) is 0 Å². The summed E-state index contributed by atoms with van der Waals surface area (Å²) in [6.07, 6.45) is 0. The van der Waals surface area contributed by atoms with Gasteiger partial charge in [-0.3, -0.25) is 0 Å². The number of nitrogens with zero attached hydrogens (tertiary/aromatic N) is 2. The molecule has 5 heteroatoms. The molecule has 0 saturated carbocycles. The molecule has 1 heterocycles. The number of hydrogen-bond acceptors (Lipinski definition) is 5. The third-order valence-electron chi connectivity index (χ3n) is 4.18. The number of hydrogen-bond donors (Lipinski definition) is 0. The number of rotatable bonds is 5. The Kier molecular flexibility index (Phi) is 4.63. The number of thioether (sulfide) groups is 1. The summed E-state index contributed by atoms with van der Waals surface area (Å²) in [5.74, 6) is 1.67. The number of aromatic nitrogens is 2. The third-order valence-corrected chi connectivity index (χ3v) is 5.24. The van der Waals surface area contributed by atoms with Gasteiger partial charge in [0.2, 0.25) is 0 Å². The van der Waals surface area contributed by atoms with Crippen LogP contribution in [0.5, 0.6) is 11.8 Å². The van der Waals surface area contributed by atoms with E-state index < -0.39 is 0 Å². The lowest BCUT2D eigenvalue weighted by atomic mass is 10.1. The van der Waals surface area contributed by atoms with Gasteiger partial charge in [0, 0.05) is 10.6 Å². The molecule has 0 saturated heterocycles. The summed E-state index contributed by atoms with van der Waals surface area (Å²) < 4.78 is 10.5. The molecular formula is C21H18N2O2S. The van der Waals surface area contributed by atoms with Crippen molar-refractivity contribution in [2.45, 2.75) is 10.6 Å². The van der Waals surface area contributed by atoms with Crippen LogP contribution >= 0.6 is 11.8 Å². The van der Waals surface area contributed by atoms with Crippen molar-refractivity contribution in [1.29, 1.82) is 0 Å². The van der Waals surface area contributed by atoms with Crippen LogP contribution in [0.3, 0.4) is 0 Å². The number of methoxy groups -OCH3 is 2. The smallest absolute Gasteiger partial charge is 0.278 e. The largest absolute Gasteiger partial charge is 0.477 e. The van der Waals surface area contributed by atoms with Gasteiger partial charge in [0.05, 0.1) is 25.3 Å². The first-order valence-corrected chi connectivity index (χ1v) is 9.25. The molecule has 0 bridgehead atoms. The van der Waals surface area contributed by atoms with Crippen molar-refractivity contribution in [3.8, 4) is 11.8 Å². The fourth-order valence-corrected chi connectivity index (χ4v) is 3.73. The highest BCUT2D eigenvalue weighted by Crippen LogP contribution is 2.29. The first-order chi connectivity index (χ1) is 12.8. The zero-order valence-electron chi connectivity index (χ0n) is 14.6. The summed E-state index contributed by atoms with van der Waals surface area (Å²) in [5.41, 5.74) is 2.79. The van der Waals surface area contributed by atoms with Crippen LogP contribution in [0.1, 0.15) is 5.56 Å². The Balaban J connectivity index is 1.58. The highest BCUT2D eigenvalue weighted by atomic mass is 32.2. The molecule has 3 aromatic carbocycles. The van der Waals surface area contributed by atoms with Gasteiger partial charge >= 0.3 is 0 Å². The van der Waals surface area contributed by atoms with E-state index in [1.54, 1.807) is 14.2 Å². The summed E-state index contributed by atoms with van der Waals surface area (Å²) in [6, 6.07) is 21.1. The number of fused-ring (bicyclic) bond motifs is 2. The molecule has 1 aromatic heterocycles. The minimum atomic E-state index is 0.401. The zero-order chi connectivity index (χ0) is 17.9. The lowest BCUT2D eigenvalue weighted by molar-refractivity contribution is 0.334. The predicted octanol–water partition coefficient (Wildman–Crippen LogP) is 5.09. The first-order valence-electron chi connectivity index (χ1n) is 8.27. The molecule has 0 aliphatic heterocycles. The zero-order valence-corrected chi connectivity index (χ0v) is 15.4. The second kappa shape index (κ2) is 7.22. The molecule has 0 fully saturated rings. The average Bonchev–Trinajstić information content (AvgIpc) is 2.70. The lowest BCUT2D eigenvalue weighted by Gasteiger charge is -2.08. The highest BCUT2D eigenvalue weighted by Gasteiger charge is 2.10. The average molecular weight is 362 g/mol. The van der Waals surface area contributed by atoms with Gasteiger partial charge in [0.15, 0.2) is 0 Å². The molecule has 26 heavy (non-hydrogen) atoms. The lowest BCUT2D eigenvalue weighted by Crippen LogP contribution is -1.97. The minimum absolute atomic E-state index is 0.401. The van der Waals surface area contributed by atoms with Gasteiger partial charge in [-0.25, -0.2) is 9.97 Å². The summed E-state index contributed by atoms with van der Waals surface area (Å²) in [5, 5.41) is 2.53. The highest BCUT2D eigenvalue weighted by molar-refractivity contribution is 7.98. The second-order valence-electron chi connectivity index (χ2n) is 5.86. The van der Waals surface area contributed by atoms with Crippen molar-refractivity contribution in [2.24, 2.45) is 0 Å². The molecule has 4 nitrogen and oxygen atoms in total. The quantitative estimate of drug-likeness (QED) is 0.463. The second-order valence-corrected chi connectivity index (χ2v) is 6.91. The van der Waals surface area contributed by atoms with Gasteiger partial charge in [0.1, 0.15) is 0 Å². The SMILES string of the molecule is COc1nc2ccc(CSc3ccc4ccccc4c3)cc2nc1OC. The van der Waals surface area contributed by atoms with E-state index in [4.69, 9.17) is 9.47 Å². The molecule has 0 amide bonds. The van der Waals surface area contributed by atoms with Crippen LogP contribution in [0.15, 0.2) is 65.6 Å². The van der Waals surface area contributed by atoms with Gasteiger partial charge < -0.3 is 9.47 Å². The van der Waals surface area contributed by atoms with Crippen LogP contribution in [-0.2, 0) is 5.75 Å². The number of ether oxygens (including phenoxy) is 2. The van der Waals surface area contributed by atoms with Crippen LogP contribution in [0.2, 0.25) is 0 Å². The Hall–Kier alpha value is -2.79. The van der Waals surface area contributed by atoms with Crippen molar-refractivity contribution in [1.82, 2.24) is 9.97 Å². The summed E-state index contributed by atoms with van der Waals surface area (Å²) in [6.45, 7) is 0. The Morgan fingerprint density at radius 2 is 1.50 bits per heavy atom. The van der Waals surface area contributed by atoms with Crippen LogP contribution in [-0.4, -0.2) is 24.2 Å². The van der Waals surface area contributed by atoms with E-state index in [1.807, 2.05) is 17.8 Å². The van der Waals surface area contributed by atoms with Crippen molar-refractivity contribution in [3.05, 3.63) is 66.2 Å². The van der Waals surface area contributed by atoms with Crippen LogP contribution in [0, 0.1) is 0 Å². The van der Waals surface area contributed by atoms with Crippen molar-refractivity contribution in [2.75, 3.05) is 14.2 Å². The monoisotopic (exact) mass is 362 g/mol. The van der Waals surface area contributed by atoms with E-state index in [2.05, 4.69) is 64.6 Å². The number of benzene rings is 3. The summed E-state index contributed by atoms with van der Waals surface area (Å²) >= 11 is 1.81. The molecule has 0 aliphatic carbocycles. The van der Waals surface area contributed by atoms with Crippen molar-refractivity contribution >= 4 is 33.6 Å². The molecule has 0 atom stereocenters. The third kappa shape index (κ3) is 3.30. The Labute approximate surface area is 156 Å². The van der Waals surface area contributed by atoms with Crippen LogP contribution in [0.25, 0.3) is 21.8 Å². The maximum atomic E-state index is 5.25. The molecule has 4 rings (SSSR count). The van der Waals surface area contributed by atoms with Gasteiger partial charge in [0.25, 0.3) is 11.8 Å². The fourth-order valence-electron chi connectivity index (χ4n) is 2.85. The van der Waals surface area contributed by atoms with Crippen LogP contribution in [0.4, 0.5) is 0 Å². The van der Waals surface area contributed by atoms with Gasteiger partial charge in [-0.1, -0.05) is 36.4 Å². The van der Waals surface area contributed by atoms with Crippen LogP contribution < -0.4 is 9.47 Å². The summed E-state index contributed by atoms with van der Waals surface area (Å²) in [7, 11) is 3.13. The Bertz CT molecular complexity index is 1080. The van der Waals surface area contributed by atoms with E-state index in [0.29, 0.717) is 11.8 Å². The Morgan fingerprint density at radius 1 is 0.769 bits per heavy atom. The van der Waals surface area contributed by atoms with Gasteiger partial charge in [-0.2, -0.15) is 0 Å².